The molecule has 1 aliphatic heterocycles. The molecule has 5 nitrogen and oxygen atoms in total. The molecule has 24 heavy (non-hydrogen) atoms. The Hall–Kier alpha value is -0.860. The average Bonchev–Trinajstić information content (AvgIpc) is 2.82. The van der Waals surface area contributed by atoms with Crippen molar-refractivity contribution in [3.63, 3.8) is 0 Å². The van der Waals surface area contributed by atoms with E-state index in [0.717, 1.165) is 30.2 Å². The number of sulfonamides is 1. The molecular formula is C16H19BrN2O3S2. The van der Waals surface area contributed by atoms with Crippen molar-refractivity contribution in [1.82, 2.24) is 4.90 Å². The average molecular weight is 431 g/mol. The summed E-state index contributed by atoms with van der Waals surface area (Å²) in [6.45, 7) is 1.80. The van der Waals surface area contributed by atoms with E-state index in [1.165, 1.54) is 30.3 Å². The van der Waals surface area contributed by atoms with Gasteiger partial charge in [-0.25, -0.2) is 0 Å². The Bertz CT molecular complexity index is 756. The second kappa shape index (κ2) is 7.17. The van der Waals surface area contributed by atoms with Crippen LogP contribution in [-0.4, -0.2) is 35.7 Å². The molecule has 0 N–H and O–H groups in total. The Morgan fingerprint density at radius 1 is 1.17 bits per heavy atom. The van der Waals surface area contributed by atoms with Gasteiger partial charge < -0.3 is 0 Å². The first-order valence-corrected chi connectivity index (χ1v) is 11.1. The first-order valence-electron chi connectivity index (χ1n) is 7.99. The largest absolute Gasteiger partial charge is 0.287 e. The Morgan fingerprint density at radius 2 is 1.79 bits per heavy atom. The Balaban J connectivity index is 1.93. The maximum atomic E-state index is 12.6. The van der Waals surface area contributed by atoms with Crippen LogP contribution in [0.3, 0.4) is 0 Å². The lowest BCUT2D eigenvalue weighted by molar-refractivity contribution is -0.127. The van der Waals surface area contributed by atoms with Crippen molar-refractivity contribution in [3.8, 4) is 0 Å². The van der Waals surface area contributed by atoms with E-state index in [2.05, 4.69) is 20.3 Å². The quantitative estimate of drug-likeness (QED) is 0.731. The number of rotatable bonds is 3. The van der Waals surface area contributed by atoms with E-state index in [1.807, 2.05) is 0 Å². The minimum atomic E-state index is -3.83. The van der Waals surface area contributed by atoms with Crippen molar-refractivity contribution >= 4 is 48.8 Å². The van der Waals surface area contributed by atoms with Crippen LogP contribution in [0.1, 0.15) is 39.0 Å². The van der Waals surface area contributed by atoms with Crippen LogP contribution >= 0.6 is 27.7 Å². The van der Waals surface area contributed by atoms with Crippen LogP contribution in [0.4, 0.5) is 0 Å². The monoisotopic (exact) mass is 430 g/mol. The van der Waals surface area contributed by atoms with Gasteiger partial charge in [0.1, 0.15) is 0 Å². The molecule has 1 atom stereocenters. The fourth-order valence-corrected chi connectivity index (χ4v) is 5.55. The highest BCUT2D eigenvalue weighted by atomic mass is 79.9. The summed E-state index contributed by atoms with van der Waals surface area (Å²) in [5.41, 5.74) is 0. The fraction of sp³-hybridized carbons (Fsp3) is 0.500. The molecule has 1 amide bonds. The summed E-state index contributed by atoms with van der Waals surface area (Å²) in [5.74, 6) is -0.0309. The zero-order valence-electron chi connectivity index (χ0n) is 13.3. The van der Waals surface area contributed by atoms with Crippen molar-refractivity contribution in [2.45, 2.75) is 55.2 Å². The van der Waals surface area contributed by atoms with Gasteiger partial charge in [-0.2, -0.15) is 8.42 Å². The number of nitrogens with zero attached hydrogens (tertiary/aromatic N) is 2. The van der Waals surface area contributed by atoms with Gasteiger partial charge in [0.05, 0.1) is 10.1 Å². The first kappa shape index (κ1) is 17.9. The summed E-state index contributed by atoms with van der Waals surface area (Å²) in [5, 5.41) is 0.0353. The lowest BCUT2D eigenvalue weighted by Crippen LogP contribution is -2.42. The highest BCUT2D eigenvalue weighted by molar-refractivity contribution is 9.10. The van der Waals surface area contributed by atoms with Crippen LogP contribution in [0.15, 0.2) is 38.0 Å². The molecule has 2 fully saturated rings. The molecule has 0 bridgehead atoms. The Morgan fingerprint density at radius 3 is 2.42 bits per heavy atom. The number of carbonyl (C=O) groups is 1. The number of halogens is 1. The van der Waals surface area contributed by atoms with E-state index < -0.39 is 10.0 Å². The van der Waals surface area contributed by atoms with E-state index in [4.69, 9.17) is 0 Å². The summed E-state index contributed by atoms with van der Waals surface area (Å²) in [6.07, 6.45) is 5.14. The van der Waals surface area contributed by atoms with Crippen LogP contribution in [-0.2, 0) is 14.8 Å². The molecule has 0 unspecified atom stereocenters. The van der Waals surface area contributed by atoms with E-state index in [-0.39, 0.29) is 22.1 Å². The normalized spacial score (nSPS) is 24.8. The van der Waals surface area contributed by atoms with Gasteiger partial charge in [-0.3, -0.25) is 9.69 Å². The number of amides is 1. The zero-order valence-corrected chi connectivity index (χ0v) is 16.5. The number of amidine groups is 1. The zero-order chi connectivity index (χ0) is 17.3. The third-order valence-corrected chi connectivity index (χ3v) is 7.30. The number of hydrogen-bond donors (Lipinski definition) is 0. The highest BCUT2D eigenvalue weighted by Gasteiger charge is 2.40. The summed E-state index contributed by atoms with van der Waals surface area (Å²) < 4.78 is 30.0. The topological polar surface area (TPSA) is 66.8 Å². The first-order chi connectivity index (χ1) is 11.4. The number of carbonyl (C=O) groups excluding carboxylic acids is 1. The molecule has 130 valence electrons. The minimum absolute atomic E-state index is 0.0309. The van der Waals surface area contributed by atoms with E-state index in [1.54, 1.807) is 24.0 Å². The molecule has 8 heteroatoms. The van der Waals surface area contributed by atoms with Gasteiger partial charge in [0.15, 0.2) is 5.17 Å². The second-order valence-corrected chi connectivity index (χ2v) is 9.89. The molecule has 1 saturated carbocycles. The summed E-state index contributed by atoms with van der Waals surface area (Å²) >= 11 is 4.53. The van der Waals surface area contributed by atoms with Gasteiger partial charge in [-0.15, -0.1) is 4.40 Å². The lowest BCUT2D eigenvalue weighted by atomic mass is 9.94. The highest BCUT2D eigenvalue weighted by Crippen LogP contribution is 2.34. The molecule has 1 aromatic rings. The Labute approximate surface area is 155 Å². The third-order valence-electron chi connectivity index (χ3n) is 4.32. The molecular weight excluding hydrogens is 412 g/mol. The molecule has 1 heterocycles. The van der Waals surface area contributed by atoms with Crippen LogP contribution in [0.5, 0.6) is 0 Å². The standard InChI is InChI=1S/C16H19BrN2O3S2/c1-11-15(20)19(13-5-3-2-4-6-13)16(23-11)18-24(21,22)14-9-7-12(17)8-10-14/h7-11,13H,2-6H2,1H3/t11-/m1/s1. The van der Waals surface area contributed by atoms with E-state index in [9.17, 15) is 13.2 Å². The van der Waals surface area contributed by atoms with Gasteiger partial charge in [0.2, 0.25) is 5.91 Å². The smallest absolute Gasteiger partial charge is 0.284 e. The van der Waals surface area contributed by atoms with Gasteiger partial charge in [0.25, 0.3) is 10.0 Å². The summed E-state index contributed by atoms with van der Waals surface area (Å²) in [6, 6.07) is 6.43. The SMILES string of the molecule is C[C@H]1SC(=NS(=O)(=O)c2ccc(Br)cc2)N(C2CCCCC2)C1=O. The molecule has 2 aliphatic rings. The minimum Gasteiger partial charge on any atom is -0.287 e. The van der Waals surface area contributed by atoms with Crippen molar-refractivity contribution in [2.24, 2.45) is 4.40 Å². The lowest BCUT2D eigenvalue weighted by Gasteiger charge is -2.30. The van der Waals surface area contributed by atoms with Gasteiger partial charge in [-0.05, 0) is 44.0 Å². The van der Waals surface area contributed by atoms with Gasteiger partial charge in [0, 0.05) is 10.5 Å². The molecule has 1 aromatic carbocycles. The van der Waals surface area contributed by atoms with Crippen LogP contribution < -0.4 is 0 Å². The van der Waals surface area contributed by atoms with Crippen molar-refractivity contribution < 1.29 is 13.2 Å². The van der Waals surface area contributed by atoms with Crippen LogP contribution in [0, 0.1) is 0 Å². The van der Waals surface area contributed by atoms with Crippen molar-refractivity contribution in [3.05, 3.63) is 28.7 Å². The van der Waals surface area contributed by atoms with Gasteiger partial charge in [-0.1, -0.05) is 47.0 Å². The number of hydrogen-bond acceptors (Lipinski definition) is 4. The maximum Gasteiger partial charge on any atom is 0.284 e. The molecule has 0 aromatic heterocycles. The van der Waals surface area contributed by atoms with Crippen LogP contribution in [0.2, 0.25) is 0 Å². The number of benzene rings is 1. The van der Waals surface area contributed by atoms with Crippen molar-refractivity contribution in [1.29, 1.82) is 0 Å². The van der Waals surface area contributed by atoms with Gasteiger partial charge >= 0.3 is 0 Å². The predicted octanol–water partition coefficient (Wildman–Crippen LogP) is 3.79. The van der Waals surface area contributed by atoms with Crippen LogP contribution in [0.25, 0.3) is 0 Å². The molecule has 0 radical (unpaired) electrons. The fourth-order valence-electron chi connectivity index (χ4n) is 3.06. The number of thioether (sulfide) groups is 1. The third kappa shape index (κ3) is 3.70. The molecule has 1 aliphatic carbocycles. The molecule has 3 rings (SSSR count). The maximum absolute atomic E-state index is 12.6. The van der Waals surface area contributed by atoms with E-state index >= 15 is 0 Å². The summed E-state index contributed by atoms with van der Waals surface area (Å²) in [4.78, 5) is 14.3. The predicted molar refractivity (Wildman–Crippen MR) is 99.5 cm³/mol. The molecule has 1 saturated heterocycles. The molecule has 0 spiro atoms. The Kier molecular flexibility index (Phi) is 5.36. The second-order valence-electron chi connectivity index (χ2n) is 6.06. The van der Waals surface area contributed by atoms with Crippen molar-refractivity contribution in [2.75, 3.05) is 0 Å². The van der Waals surface area contributed by atoms with E-state index in [0.29, 0.717) is 5.17 Å². The summed E-state index contributed by atoms with van der Waals surface area (Å²) in [7, 11) is -3.83.